The topological polar surface area (TPSA) is 22.2 Å². The lowest BCUT2D eigenvalue weighted by molar-refractivity contribution is 1.18. The quantitative estimate of drug-likeness (QED) is 0.189. The Hall–Kier alpha value is -6.19. The van der Waals surface area contributed by atoms with Crippen molar-refractivity contribution >= 4 is 60.2 Å². The number of hydrogen-bond donors (Lipinski definition) is 0. The Balaban J connectivity index is 1.29. The molecular formula is C43H27N3. The van der Waals surface area contributed by atoms with E-state index in [-0.39, 0.29) is 0 Å². The number of fused-ring (bicyclic) bond motifs is 11. The Morgan fingerprint density at radius 2 is 0.891 bits per heavy atom. The van der Waals surface area contributed by atoms with E-state index in [4.69, 9.17) is 4.98 Å². The molecule has 0 aliphatic rings. The molecule has 0 fully saturated rings. The third-order valence-electron chi connectivity index (χ3n) is 9.48. The Morgan fingerprint density at radius 3 is 1.57 bits per heavy atom. The van der Waals surface area contributed by atoms with E-state index in [1.54, 1.807) is 0 Å². The third-order valence-corrected chi connectivity index (χ3v) is 9.48. The molecule has 0 radical (unpaired) electrons. The average Bonchev–Trinajstić information content (AvgIpc) is 3.68. The van der Waals surface area contributed by atoms with Crippen molar-refractivity contribution in [3.05, 3.63) is 164 Å². The fourth-order valence-electron chi connectivity index (χ4n) is 7.36. The van der Waals surface area contributed by atoms with Gasteiger partial charge >= 0.3 is 0 Å². The number of aromatic nitrogens is 3. The largest absolute Gasteiger partial charge is 0.309 e. The van der Waals surface area contributed by atoms with Crippen LogP contribution in [0.2, 0.25) is 0 Å². The van der Waals surface area contributed by atoms with Crippen molar-refractivity contribution in [3.8, 4) is 27.9 Å². The second-order valence-corrected chi connectivity index (χ2v) is 12.0. The van der Waals surface area contributed by atoms with Crippen molar-refractivity contribution in [1.29, 1.82) is 0 Å². The van der Waals surface area contributed by atoms with Crippen molar-refractivity contribution < 1.29 is 0 Å². The molecule has 0 N–H and O–H groups in total. The highest BCUT2D eigenvalue weighted by Gasteiger charge is 2.18. The maximum Gasteiger partial charge on any atom is 0.146 e. The SMILES string of the molecule is c1ccc(-c2ccc3c(c2)c2cc(-c4ccccc4)ccc2n3-c2ccc3c(c2)c2ccccc2c2nc4ccccc4n32)cc1. The number of benzene rings is 7. The molecule has 0 saturated heterocycles. The number of rotatable bonds is 3. The standard InChI is InChI=1S/C43H27N3/c1-3-11-28(12-4-1)30-19-22-39-35(25-30)36-26-31(29-13-5-2-6-14-29)20-23-40(36)45(39)32-21-24-41-37(27-32)33-15-7-8-16-34(33)43-44-38-17-9-10-18-42(38)46(41)43/h1-27H. The van der Waals surface area contributed by atoms with Gasteiger partial charge in [-0.3, -0.25) is 4.40 Å². The van der Waals surface area contributed by atoms with E-state index in [9.17, 15) is 0 Å². The maximum atomic E-state index is 5.07. The fourth-order valence-corrected chi connectivity index (χ4v) is 7.36. The molecule has 10 rings (SSSR count). The smallest absolute Gasteiger partial charge is 0.146 e. The van der Waals surface area contributed by atoms with Gasteiger partial charge in [-0.05, 0) is 82.2 Å². The molecule has 3 heteroatoms. The summed E-state index contributed by atoms with van der Waals surface area (Å²) in [5.41, 5.74) is 12.7. The van der Waals surface area contributed by atoms with Crippen LogP contribution >= 0.6 is 0 Å². The molecule has 214 valence electrons. The van der Waals surface area contributed by atoms with E-state index in [0.29, 0.717) is 0 Å². The zero-order valence-corrected chi connectivity index (χ0v) is 24.9. The molecule has 3 heterocycles. The summed E-state index contributed by atoms with van der Waals surface area (Å²) in [5.74, 6) is 0. The normalized spacial score (nSPS) is 11.9. The lowest BCUT2D eigenvalue weighted by Crippen LogP contribution is -1.97. The van der Waals surface area contributed by atoms with Crippen LogP contribution in [0.25, 0.3) is 88.1 Å². The minimum Gasteiger partial charge on any atom is -0.309 e. The minimum atomic E-state index is 0.996. The first-order valence-corrected chi connectivity index (χ1v) is 15.7. The molecule has 0 atom stereocenters. The number of nitrogens with zero attached hydrogens (tertiary/aromatic N) is 3. The first kappa shape index (κ1) is 25.2. The molecule has 3 aromatic heterocycles. The summed E-state index contributed by atoms with van der Waals surface area (Å²) < 4.78 is 4.75. The minimum absolute atomic E-state index is 0.996. The number of pyridine rings is 1. The summed E-state index contributed by atoms with van der Waals surface area (Å²) in [6.45, 7) is 0. The van der Waals surface area contributed by atoms with E-state index in [1.807, 2.05) is 0 Å². The molecular weight excluding hydrogens is 558 g/mol. The van der Waals surface area contributed by atoms with Crippen LogP contribution in [0.1, 0.15) is 0 Å². The van der Waals surface area contributed by atoms with Crippen LogP contribution in [-0.2, 0) is 0 Å². The van der Waals surface area contributed by atoms with Gasteiger partial charge in [0.2, 0.25) is 0 Å². The molecule has 46 heavy (non-hydrogen) atoms. The lowest BCUT2D eigenvalue weighted by atomic mass is 10.0. The Kier molecular flexibility index (Phi) is 5.28. The van der Waals surface area contributed by atoms with Crippen LogP contribution in [-0.4, -0.2) is 14.0 Å². The summed E-state index contributed by atoms with van der Waals surface area (Å²) in [5, 5.41) is 6.07. The predicted molar refractivity (Wildman–Crippen MR) is 193 cm³/mol. The van der Waals surface area contributed by atoms with Crippen LogP contribution in [0, 0.1) is 0 Å². The average molecular weight is 586 g/mol. The third kappa shape index (κ3) is 3.63. The highest BCUT2D eigenvalue weighted by molar-refractivity contribution is 6.15. The molecule has 0 spiro atoms. The molecule has 0 saturated carbocycles. The van der Waals surface area contributed by atoms with Gasteiger partial charge in [0, 0.05) is 27.2 Å². The van der Waals surface area contributed by atoms with E-state index in [0.717, 1.165) is 33.3 Å². The number of hydrogen-bond acceptors (Lipinski definition) is 1. The van der Waals surface area contributed by atoms with Crippen LogP contribution in [0.4, 0.5) is 0 Å². The van der Waals surface area contributed by atoms with Gasteiger partial charge in [-0.25, -0.2) is 4.98 Å². The highest BCUT2D eigenvalue weighted by Crippen LogP contribution is 2.39. The van der Waals surface area contributed by atoms with Crippen LogP contribution in [0.3, 0.4) is 0 Å². The zero-order valence-electron chi connectivity index (χ0n) is 24.9. The number of imidazole rings is 1. The van der Waals surface area contributed by atoms with E-state index < -0.39 is 0 Å². The molecule has 0 unspecified atom stereocenters. The van der Waals surface area contributed by atoms with Gasteiger partial charge < -0.3 is 4.57 Å². The first-order chi connectivity index (χ1) is 22.8. The van der Waals surface area contributed by atoms with Gasteiger partial charge in [0.25, 0.3) is 0 Å². The van der Waals surface area contributed by atoms with Crippen LogP contribution in [0.15, 0.2) is 164 Å². The highest BCUT2D eigenvalue weighted by atomic mass is 15.0. The lowest BCUT2D eigenvalue weighted by Gasteiger charge is -2.13. The molecule has 0 amide bonds. The van der Waals surface area contributed by atoms with Crippen LogP contribution < -0.4 is 0 Å². The van der Waals surface area contributed by atoms with Gasteiger partial charge in [0.05, 0.1) is 27.6 Å². The van der Waals surface area contributed by atoms with Crippen LogP contribution in [0.5, 0.6) is 0 Å². The summed E-state index contributed by atoms with van der Waals surface area (Å²) in [6, 6.07) is 59.1. The molecule has 0 aliphatic carbocycles. The van der Waals surface area contributed by atoms with Crippen molar-refractivity contribution in [2.75, 3.05) is 0 Å². The summed E-state index contributed by atoms with van der Waals surface area (Å²) in [6.07, 6.45) is 0. The second kappa shape index (κ2) is 9.65. The predicted octanol–water partition coefficient (Wildman–Crippen LogP) is 11.2. The maximum absolute atomic E-state index is 5.07. The van der Waals surface area contributed by atoms with E-state index in [2.05, 4.69) is 173 Å². The molecule has 3 nitrogen and oxygen atoms in total. The van der Waals surface area contributed by atoms with Crippen molar-refractivity contribution in [2.45, 2.75) is 0 Å². The van der Waals surface area contributed by atoms with E-state index in [1.165, 1.54) is 54.8 Å². The number of para-hydroxylation sites is 2. The summed E-state index contributed by atoms with van der Waals surface area (Å²) in [7, 11) is 0. The molecule has 7 aromatic carbocycles. The Labute approximate surface area is 265 Å². The zero-order chi connectivity index (χ0) is 30.2. The van der Waals surface area contributed by atoms with Gasteiger partial charge in [-0.2, -0.15) is 0 Å². The van der Waals surface area contributed by atoms with Gasteiger partial charge in [0.1, 0.15) is 5.65 Å². The van der Waals surface area contributed by atoms with Crippen molar-refractivity contribution in [1.82, 2.24) is 14.0 Å². The van der Waals surface area contributed by atoms with Crippen molar-refractivity contribution in [3.63, 3.8) is 0 Å². The van der Waals surface area contributed by atoms with Gasteiger partial charge in [-0.15, -0.1) is 0 Å². The Bertz CT molecular complexity index is 2690. The van der Waals surface area contributed by atoms with Gasteiger partial charge in [0.15, 0.2) is 0 Å². The molecule has 0 aliphatic heterocycles. The van der Waals surface area contributed by atoms with Crippen molar-refractivity contribution in [2.24, 2.45) is 0 Å². The summed E-state index contributed by atoms with van der Waals surface area (Å²) in [4.78, 5) is 5.07. The molecule has 10 aromatic rings. The molecule has 0 bridgehead atoms. The fraction of sp³-hybridized carbons (Fsp3) is 0. The second-order valence-electron chi connectivity index (χ2n) is 12.0. The summed E-state index contributed by atoms with van der Waals surface area (Å²) >= 11 is 0. The van der Waals surface area contributed by atoms with Gasteiger partial charge in [-0.1, -0.05) is 109 Å². The first-order valence-electron chi connectivity index (χ1n) is 15.7. The monoisotopic (exact) mass is 585 g/mol. The Morgan fingerprint density at radius 1 is 0.348 bits per heavy atom. The van der Waals surface area contributed by atoms with E-state index >= 15 is 0 Å².